The van der Waals surface area contributed by atoms with Gasteiger partial charge in [-0.2, -0.15) is 0 Å². The summed E-state index contributed by atoms with van der Waals surface area (Å²) in [5.41, 5.74) is 2.64. The molecule has 13 heteroatoms. The lowest BCUT2D eigenvalue weighted by molar-refractivity contribution is -0.384. The highest BCUT2D eigenvalue weighted by atomic mass is 32.2. The van der Waals surface area contributed by atoms with Crippen LogP contribution in [0.2, 0.25) is 0 Å². The van der Waals surface area contributed by atoms with Gasteiger partial charge in [0.2, 0.25) is 5.91 Å². The number of thioether (sulfide) groups is 1. The summed E-state index contributed by atoms with van der Waals surface area (Å²) in [6.07, 6.45) is 2.09. The topological polar surface area (TPSA) is 153 Å². The zero-order chi connectivity index (χ0) is 34.8. The second kappa shape index (κ2) is 16.4. The second-order valence-electron chi connectivity index (χ2n) is 10.5. The molecule has 0 bridgehead atoms. The number of amides is 3. The van der Waals surface area contributed by atoms with E-state index < -0.39 is 22.0 Å². The maximum Gasteiger partial charge on any atom is 0.272 e. The number of anilines is 2. The molecule has 11 nitrogen and oxygen atoms in total. The predicted molar refractivity (Wildman–Crippen MR) is 193 cm³/mol. The van der Waals surface area contributed by atoms with Crippen molar-refractivity contribution in [2.24, 2.45) is 0 Å². The van der Waals surface area contributed by atoms with E-state index in [2.05, 4.69) is 20.9 Å². The molecule has 0 aliphatic rings. The minimum atomic E-state index is -0.532. The van der Waals surface area contributed by atoms with Gasteiger partial charge in [0.05, 0.1) is 23.0 Å². The molecule has 248 valence electrons. The van der Waals surface area contributed by atoms with Crippen molar-refractivity contribution in [3.63, 3.8) is 0 Å². The fourth-order valence-electron chi connectivity index (χ4n) is 4.57. The molecule has 0 spiro atoms. The Morgan fingerprint density at radius 2 is 1.71 bits per heavy atom. The number of nitro groups is 1. The summed E-state index contributed by atoms with van der Waals surface area (Å²) in [5, 5.41) is 21.2. The molecule has 0 radical (unpaired) electrons. The number of thiazole rings is 1. The maximum absolute atomic E-state index is 13.5. The largest absolute Gasteiger partial charge is 0.497 e. The first kappa shape index (κ1) is 34.5. The molecule has 3 N–H and O–H groups in total. The Bertz CT molecular complexity index is 2000. The van der Waals surface area contributed by atoms with Crippen LogP contribution in [0.4, 0.5) is 16.5 Å². The van der Waals surface area contributed by atoms with Crippen LogP contribution in [0, 0.1) is 10.1 Å². The zero-order valence-electron chi connectivity index (χ0n) is 26.4. The van der Waals surface area contributed by atoms with Gasteiger partial charge in [-0.25, -0.2) is 4.98 Å². The Balaban J connectivity index is 1.27. The molecule has 1 aromatic heterocycles. The van der Waals surface area contributed by atoms with Crippen LogP contribution >= 0.6 is 23.1 Å². The average molecular weight is 694 g/mol. The SMILES string of the molecule is CCC(Sc1cccc(NC(=O)/C(=C\c2ccc(OC)cc2)NC(=O)c2ccccc2)c1)C(=O)Nc1nc(-c2cccc([N+](=O)[O-])c2)cs1. The summed E-state index contributed by atoms with van der Waals surface area (Å²) >= 11 is 2.56. The lowest BCUT2D eigenvalue weighted by atomic mass is 10.1. The van der Waals surface area contributed by atoms with Gasteiger partial charge >= 0.3 is 0 Å². The van der Waals surface area contributed by atoms with Gasteiger partial charge in [0.15, 0.2) is 5.13 Å². The van der Waals surface area contributed by atoms with Crippen LogP contribution in [-0.4, -0.2) is 40.0 Å². The third-order valence-corrected chi connectivity index (χ3v) is 9.19. The van der Waals surface area contributed by atoms with Crippen molar-refractivity contribution in [1.29, 1.82) is 0 Å². The number of nitro benzene ring substituents is 1. The first-order chi connectivity index (χ1) is 23.7. The van der Waals surface area contributed by atoms with Gasteiger partial charge in [0, 0.05) is 39.2 Å². The minimum Gasteiger partial charge on any atom is -0.497 e. The number of ether oxygens (including phenoxy) is 1. The number of nitrogens with zero attached hydrogens (tertiary/aromatic N) is 2. The summed E-state index contributed by atoms with van der Waals surface area (Å²) in [6.45, 7) is 1.89. The second-order valence-corrected chi connectivity index (χ2v) is 12.6. The van der Waals surface area contributed by atoms with Gasteiger partial charge in [-0.1, -0.05) is 55.5 Å². The minimum absolute atomic E-state index is 0.0378. The molecule has 5 aromatic rings. The molecule has 0 saturated carbocycles. The van der Waals surface area contributed by atoms with Gasteiger partial charge in [0.25, 0.3) is 17.5 Å². The third-order valence-electron chi connectivity index (χ3n) is 7.08. The lowest BCUT2D eigenvalue weighted by Crippen LogP contribution is -2.30. The monoisotopic (exact) mass is 693 g/mol. The van der Waals surface area contributed by atoms with E-state index in [4.69, 9.17) is 4.74 Å². The van der Waals surface area contributed by atoms with Crippen molar-refractivity contribution in [3.8, 4) is 17.0 Å². The Morgan fingerprint density at radius 3 is 2.43 bits per heavy atom. The Hall–Kier alpha value is -5.79. The number of aromatic nitrogens is 1. The van der Waals surface area contributed by atoms with Crippen molar-refractivity contribution in [2.75, 3.05) is 17.7 Å². The van der Waals surface area contributed by atoms with E-state index in [-0.39, 0.29) is 17.3 Å². The van der Waals surface area contributed by atoms with Crippen LogP contribution in [0.1, 0.15) is 29.3 Å². The number of benzene rings is 4. The van der Waals surface area contributed by atoms with Crippen molar-refractivity contribution >= 4 is 63.4 Å². The van der Waals surface area contributed by atoms with E-state index in [1.165, 1.54) is 35.2 Å². The average Bonchev–Trinajstić information content (AvgIpc) is 3.59. The van der Waals surface area contributed by atoms with Crippen LogP contribution in [-0.2, 0) is 9.59 Å². The lowest BCUT2D eigenvalue weighted by Gasteiger charge is -2.15. The predicted octanol–water partition coefficient (Wildman–Crippen LogP) is 7.65. The number of rotatable bonds is 13. The van der Waals surface area contributed by atoms with E-state index in [1.807, 2.05) is 13.0 Å². The standard InChI is InChI=1S/C36H31N5O6S2/c1-3-32(35(44)40-36-39-31(22-48-36)25-11-7-13-27(20-25)41(45)46)49-29-14-8-12-26(21-29)37-34(43)30(19-23-15-17-28(47-2)18-16-23)38-33(42)24-9-5-4-6-10-24/h4-22,32H,3H2,1-2H3,(H,37,43)(H,38,42)(H,39,40,44)/b30-19+. The number of carbonyl (C=O) groups excluding carboxylic acids is 3. The number of non-ortho nitro benzene ring substituents is 1. The van der Waals surface area contributed by atoms with Gasteiger partial charge < -0.3 is 20.7 Å². The highest BCUT2D eigenvalue weighted by molar-refractivity contribution is 8.00. The zero-order valence-corrected chi connectivity index (χ0v) is 28.0. The van der Waals surface area contributed by atoms with Crippen molar-refractivity contribution in [3.05, 3.63) is 135 Å². The fraction of sp³-hybridized carbons (Fsp3) is 0.111. The van der Waals surface area contributed by atoms with E-state index in [1.54, 1.807) is 103 Å². The van der Waals surface area contributed by atoms with E-state index in [0.717, 1.165) is 4.90 Å². The molecule has 0 aliphatic heterocycles. The first-order valence-corrected chi connectivity index (χ1v) is 16.8. The molecule has 49 heavy (non-hydrogen) atoms. The normalized spacial score (nSPS) is 11.7. The summed E-state index contributed by atoms with van der Waals surface area (Å²) in [4.78, 5) is 55.7. The Morgan fingerprint density at radius 1 is 0.959 bits per heavy atom. The third kappa shape index (κ3) is 9.40. The van der Waals surface area contributed by atoms with Gasteiger partial charge in [-0.05, 0) is 60.5 Å². The maximum atomic E-state index is 13.5. The number of hydrogen-bond acceptors (Lipinski definition) is 9. The highest BCUT2D eigenvalue weighted by Crippen LogP contribution is 2.31. The van der Waals surface area contributed by atoms with E-state index in [0.29, 0.717) is 45.4 Å². The summed E-state index contributed by atoms with van der Waals surface area (Å²) in [5.74, 6) is -0.568. The fourth-order valence-corrected chi connectivity index (χ4v) is 6.31. The van der Waals surface area contributed by atoms with Crippen LogP contribution in [0.3, 0.4) is 0 Å². The number of methoxy groups -OCH3 is 1. The molecule has 4 aromatic carbocycles. The number of carbonyl (C=O) groups is 3. The number of hydrogen-bond donors (Lipinski definition) is 3. The number of nitrogens with one attached hydrogen (secondary N) is 3. The van der Waals surface area contributed by atoms with Gasteiger partial charge in [-0.15, -0.1) is 23.1 Å². The Labute approximate surface area is 290 Å². The molecule has 5 rings (SSSR count). The van der Waals surface area contributed by atoms with Crippen molar-refractivity contribution in [1.82, 2.24) is 10.3 Å². The van der Waals surface area contributed by atoms with Crippen LogP contribution in [0.15, 0.2) is 119 Å². The summed E-state index contributed by atoms with van der Waals surface area (Å²) in [6, 6.07) is 28.9. The smallest absolute Gasteiger partial charge is 0.272 e. The van der Waals surface area contributed by atoms with Crippen LogP contribution in [0.5, 0.6) is 5.75 Å². The van der Waals surface area contributed by atoms with Crippen molar-refractivity contribution < 1.29 is 24.0 Å². The van der Waals surface area contributed by atoms with Gasteiger partial charge in [0.1, 0.15) is 11.4 Å². The molecular formula is C36H31N5O6S2. The quantitative estimate of drug-likeness (QED) is 0.0492. The van der Waals surface area contributed by atoms with E-state index in [9.17, 15) is 24.5 Å². The molecule has 1 atom stereocenters. The molecule has 1 unspecified atom stereocenters. The summed E-state index contributed by atoms with van der Waals surface area (Å²) < 4.78 is 5.22. The summed E-state index contributed by atoms with van der Waals surface area (Å²) in [7, 11) is 1.56. The van der Waals surface area contributed by atoms with Crippen LogP contribution < -0.4 is 20.7 Å². The van der Waals surface area contributed by atoms with Gasteiger partial charge in [-0.3, -0.25) is 24.5 Å². The molecule has 0 saturated heterocycles. The molecule has 1 heterocycles. The van der Waals surface area contributed by atoms with Crippen LogP contribution in [0.25, 0.3) is 17.3 Å². The molecular weight excluding hydrogens is 663 g/mol. The Kier molecular flexibility index (Phi) is 11.5. The van der Waals surface area contributed by atoms with E-state index >= 15 is 0 Å². The molecule has 3 amide bonds. The highest BCUT2D eigenvalue weighted by Gasteiger charge is 2.21. The molecule has 0 fully saturated rings. The first-order valence-electron chi connectivity index (χ1n) is 15.0. The molecule has 0 aliphatic carbocycles. The van der Waals surface area contributed by atoms with Crippen molar-refractivity contribution in [2.45, 2.75) is 23.5 Å².